The molecule has 21 heavy (non-hydrogen) atoms. The summed E-state index contributed by atoms with van der Waals surface area (Å²) in [6.45, 7) is 3.01. The van der Waals surface area contributed by atoms with E-state index in [1.807, 2.05) is 6.07 Å². The van der Waals surface area contributed by atoms with Crippen LogP contribution in [0.3, 0.4) is 0 Å². The summed E-state index contributed by atoms with van der Waals surface area (Å²) in [6.07, 6.45) is 3.83. The standard InChI is InChI=1S/C15H19N3O2S/c1-2-3-11-16-13-9-10-15(17-12-13)18-21(19,20)14-7-5-4-6-8-14/h4-10,12,16H,2-3,11H2,1H3,(H,17,18). The first-order valence-corrected chi connectivity index (χ1v) is 8.38. The number of nitrogens with one attached hydrogen (secondary N) is 2. The van der Waals surface area contributed by atoms with Gasteiger partial charge in [0, 0.05) is 6.54 Å². The van der Waals surface area contributed by atoms with E-state index < -0.39 is 10.0 Å². The van der Waals surface area contributed by atoms with Crippen molar-refractivity contribution in [3.63, 3.8) is 0 Å². The summed E-state index contributed by atoms with van der Waals surface area (Å²) in [7, 11) is -3.58. The number of rotatable bonds is 7. The number of pyridine rings is 1. The summed E-state index contributed by atoms with van der Waals surface area (Å²) in [6, 6.07) is 11.7. The van der Waals surface area contributed by atoms with E-state index in [0.717, 1.165) is 25.1 Å². The minimum absolute atomic E-state index is 0.219. The van der Waals surface area contributed by atoms with Gasteiger partial charge in [-0.05, 0) is 30.7 Å². The number of unbranched alkanes of at least 4 members (excludes halogenated alkanes) is 1. The fourth-order valence-corrected chi connectivity index (χ4v) is 2.79. The average Bonchev–Trinajstić information content (AvgIpc) is 2.50. The summed E-state index contributed by atoms with van der Waals surface area (Å²) in [5.41, 5.74) is 0.881. The Morgan fingerprint density at radius 2 is 1.86 bits per heavy atom. The van der Waals surface area contributed by atoms with Crippen LogP contribution in [0.2, 0.25) is 0 Å². The molecule has 0 spiro atoms. The molecule has 0 bridgehead atoms. The van der Waals surface area contributed by atoms with Crippen molar-refractivity contribution in [2.75, 3.05) is 16.6 Å². The summed E-state index contributed by atoms with van der Waals surface area (Å²) < 4.78 is 26.7. The molecule has 2 N–H and O–H groups in total. The number of hydrogen-bond donors (Lipinski definition) is 2. The third-order valence-electron chi connectivity index (χ3n) is 2.92. The molecule has 6 heteroatoms. The van der Waals surface area contributed by atoms with E-state index in [0.29, 0.717) is 5.82 Å². The molecule has 0 fully saturated rings. The molecule has 0 radical (unpaired) electrons. The van der Waals surface area contributed by atoms with Gasteiger partial charge in [-0.15, -0.1) is 0 Å². The van der Waals surface area contributed by atoms with E-state index in [2.05, 4.69) is 21.9 Å². The van der Waals surface area contributed by atoms with Gasteiger partial charge in [-0.25, -0.2) is 13.4 Å². The molecule has 0 saturated heterocycles. The summed E-state index contributed by atoms with van der Waals surface area (Å²) >= 11 is 0. The van der Waals surface area contributed by atoms with Gasteiger partial charge < -0.3 is 5.32 Å². The van der Waals surface area contributed by atoms with Gasteiger partial charge in [0.05, 0.1) is 16.8 Å². The number of aromatic nitrogens is 1. The van der Waals surface area contributed by atoms with Crippen molar-refractivity contribution < 1.29 is 8.42 Å². The Balaban J connectivity index is 2.03. The number of benzene rings is 1. The lowest BCUT2D eigenvalue weighted by Gasteiger charge is -2.09. The Bertz CT molecular complexity index is 655. The minimum Gasteiger partial charge on any atom is -0.384 e. The van der Waals surface area contributed by atoms with E-state index in [1.165, 1.54) is 0 Å². The van der Waals surface area contributed by atoms with E-state index in [9.17, 15) is 8.42 Å². The molecule has 5 nitrogen and oxygen atoms in total. The largest absolute Gasteiger partial charge is 0.384 e. The second-order valence-electron chi connectivity index (χ2n) is 4.63. The van der Waals surface area contributed by atoms with Crippen molar-refractivity contribution in [2.24, 2.45) is 0 Å². The summed E-state index contributed by atoms with van der Waals surface area (Å²) in [4.78, 5) is 4.33. The fourth-order valence-electron chi connectivity index (χ4n) is 1.76. The molecule has 112 valence electrons. The lowest BCUT2D eigenvalue weighted by atomic mass is 10.3. The van der Waals surface area contributed by atoms with Crippen LogP contribution in [0.4, 0.5) is 11.5 Å². The van der Waals surface area contributed by atoms with Crippen molar-refractivity contribution in [1.82, 2.24) is 4.98 Å². The first-order valence-electron chi connectivity index (χ1n) is 6.89. The van der Waals surface area contributed by atoms with E-state index >= 15 is 0 Å². The normalized spacial score (nSPS) is 11.1. The first-order chi connectivity index (χ1) is 10.1. The zero-order valence-corrected chi connectivity index (χ0v) is 12.7. The predicted molar refractivity (Wildman–Crippen MR) is 84.9 cm³/mol. The van der Waals surface area contributed by atoms with E-state index in [-0.39, 0.29) is 4.90 Å². The highest BCUT2D eigenvalue weighted by Gasteiger charge is 2.13. The number of sulfonamides is 1. The lowest BCUT2D eigenvalue weighted by Crippen LogP contribution is -2.13. The van der Waals surface area contributed by atoms with Gasteiger partial charge in [-0.1, -0.05) is 31.5 Å². The molecule has 1 heterocycles. The van der Waals surface area contributed by atoms with Crippen LogP contribution in [0.5, 0.6) is 0 Å². The zero-order valence-electron chi connectivity index (χ0n) is 11.9. The van der Waals surface area contributed by atoms with Crippen LogP contribution in [0.15, 0.2) is 53.6 Å². The van der Waals surface area contributed by atoms with Gasteiger partial charge in [0.2, 0.25) is 0 Å². The van der Waals surface area contributed by atoms with Crippen LogP contribution < -0.4 is 10.0 Å². The average molecular weight is 305 g/mol. The second-order valence-corrected chi connectivity index (χ2v) is 6.31. The van der Waals surface area contributed by atoms with Crippen molar-refractivity contribution in [2.45, 2.75) is 24.7 Å². The Morgan fingerprint density at radius 3 is 2.48 bits per heavy atom. The van der Waals surface area contributed by atoms with Gasteiger partial charge in [0.15, 0.2) is 0 Å². The topological polar surface area (TPSA) is 71.1 Å². The van der Waals surface area contributed by atoms with Crippen molar-refractivity contribution in [1.29, 1.82) is 0 Å². The highest BCUT2D eigenvalue weighted by Crippen LogP contribution is 2.15. The SMILES string of the molecule is CCCCNc1ccc(NS(=O)(=O)c2ccccc2)nc1. The molecule has 0 aliphatic carbocycles. The molecule has 0 atom stereocenters. The highest BCUT2D eigenvalue weighted by atomic mass is 32.2. The van der Waals surface area contributed by atoms with Crippen LogP contribution >= 0.6 is 0 Å². The molecular formula is C15H19N3O2S. The van der Waals surface area contributed by atoms with Crippen LogP contribution in [-0.4, -0.2) is 19.9 Å². The van der Waals surface area contributed by atoms with Crippen molar-refractivity contribution >= 4 is 21.5 Å². The van der Waals surface area contributed by atoms with Gasteiger partial charge in [0.1, 0.15) is 5.82 Å². The highest BCUT2D eigenvalue weighted by molar-refractivity contribution is 7.92. The fraction of sp³-hybridized carbons (Fsp3) is 0.267. The van der Waals surface area contributed by atoms with Gasteiger partial charge >= 0.3 is 0 Å². The first kappa shape index (κ1) is 15.3. The molecule has 0 amide bonds. The maximum Gasteiger partial charge on any atom is 0.263 e. The molecule has 0 aliphatic rings. The molecule has 1 aromatic heterocycles. The maximum atomic E-state index is 12.1. The van der Waals surface area contributed by atoms with Crippen LogP contribution in [-0.2, 0) is 10.0 Å². The lowest BCUT2D eigenvalue weighted by molar-refractivity contribution is 0.601. The molecular weight excluding hydrogens is 286 g/mol. The predicted octanol–water partition coefficient (Wildman–Crippen LogP) is 3.09. The zero-order chi connectivity index (χ0) is 15.1. The second kappa shape index (κ2) is 7.08. The monoisotopic (exact) mass is 305 g/mol. The van der Waals surface area contributed by atoms with Crippen molar-refractivity contribution in [3.05, 3.63) is 48.7 Å². The van der Waals surface area contributed by atoms with Gasteiger partial charge in [-0.3, -0.25) is 4.72 Å². The number of anilines is 2. The quantitative estimate of drug-likeness (QED) is 0.771. The number of hydrogen-bond acceptors (Lipinski definition) is 4. The molecule has 2 rings (SSSR count). The van der Waals surface area contributed by atoms with Gasteiger partial charge in [-0.2, -0.15) is 0 Å². The molecule has 0 aliphatic heterocycles. The molecule has 1 aromatic carbocycles. The third-order valence-corrected chi connectivity index (χ3v) is 4.29. The van der Waals surface area contributed by atoms with Crippen LogP contribution in [0.1, 0.15) is 19.8 Å². The minimum atomic E-state index is -3.58. The van der Waals surface area contributed by atoms with E-state index in [1.54, 1.807) is 42.6 Å². The Morgan fingerprint density at radius 1 is 1.10 bits per heavy atom. The van der Waals surface area contributed by atoms with E-state index in [4.69, 9.17) is 0 Å². The Hall–Kier alpha value is -2.08. The maximum absolute atomic E-state index is 12.1. The third kappa shape index (κ3) is 4.46. The molecule has 0 saturated carbocycles. The number of nitrogens with zero attached hydrogens (tertiary/aromatic N) is 1. The Labute approximate surface area is 125 Å². The molecule has 0 unspecified atom stereocenters. The summed E-state index contributed by atoms with van der Waals surface area (Å²) in [5.74, 6) is 0.305. The van der Waals surface area contributed by atoms with Gasteiger partial charge in [0.25, 0.3) is 10.0 Å². The molecule has 2 aromatic rings. The van der Waals surface area contributed by atoms with Crippen molar-refractivity contribution in [3.8, 4) is 0 Å². The summed E-state index contributed by atoms with van der Waals surface area (Å²) in [5, 5.41) is 3.23. The van der Waals surface area contributed by atoms with Crippen LogP contribution in [0.25, 0.3) is 0 Å². The Kier molecular flexibility index (Phi) is 5.16. The smallest absolute Gasteiger partial charge is 0.263 e. The van der Waals surface area contributed by atoms with Crippen LogP contribution in [0, 0.1) is 0 Å².